The number of hydrogen-bond acceptors (Lipinski definition) is 5. The fourth-order valence-electron chi connectivity index (χ4n) is 3.40. The lowest BCUT2D eigenvalue weighted by Gasteiger charge is -2.29. The molecule has 0 saturated carbocycles. The lowest BCUT2D eigenvalue weighted by Crippen LogP contribution is -2.39. The molecule has 1 aromatic carbocycles. The third kappa shape index (κ3) is 2.97. The van der Waals surface area contributed by atoms with Crippen molar-refractivity contribution in [3.05, 3.63) is 52.0 Å². The van der Waals surface area contributed by atoms with Crippen LogP contribution in [0.15, 0.2) is 35.7 Å². The molecule has 0 spiro atoms. The number of thiazole rings is 1. The summed E-state index contributed by atoms with van der Waals surface area (Å²) in [7, 11) is 0. The normalized spacial score (nSPS) is 26.0. The van der Waals surface area contributed by atoms with E-state index in [2.05, 4.69) is 22.9 Å². The zero-order valence-corrected chi connectivity index (χ0v) is 14.9. The van der Waals surface area contributed by atoms with Crippen LogP contribution in [-0.4, -0.2) is 24.7 Å². The van der Waals surface area contributed by atoms with Gasteiger partial charge in [-0.3, -0.25) is 0 Å². The summed E-state index contributed by atoms with van der Waals surface area (Å²) in [6, 6.07) is 10.1. The molecule has 0 radical (unpaired) electrons. The van der Waals surface area contributed by atoms with E-state index in [-0.39, 0.29) is 12.4 Å². The highest BCUT2D eigenvalue weighted by Crippen LogP contribution is 2.41. The molecular weight excluding hydrogens is 349 g/mol. The fraction of sp³-hybridized carbons (Fsp3) is 0.471. The van der Waals surface area contributed by atoms with Crippen molar-refractivity contribution in [2.75, 3.05) is 19.7 Å². The van der Waals surface area contributed by atoms with Crippen molar-refractivity contribution in [1.29, 1.82) is 0 Å². The maximum atomic E-state index is 15.2. The Morgan fingerprint density at radius 3 is 2.54 bits per heavy atom. The van der Waals surface area contributed by atoms with Crippen LogP contribution < -0.4 is 10.8 Å². The number of nitrogens with zero attached hydrogens (tertiary/aromatic N) is 1. The summed E-state index contributed by atoms with van der Waals surface area (Å²) in [6.07, 6.45) is 1.77. The summed E-state index contributed by atoms with van der Waals surface area (Å²) in [4.78, 5) is 10.2. The topological polar surface area (TPSA) is 46.2 Å². The van der Waals surface area contributed by atoms with E-state index in [0.29, 0.717) is 37.5 Å². The Bertz CT molecular complexity index is 669. The fourth-order valence-corrected chi connectivity index (χ4v) is 4.44. The number of hydroxylamine groups is 1. The molecule has 2 aliphatic heterocycles. The Morgan fingerprint density at radius 1 is 1.12 bits per heavy atom. The molecule has 1 atom stereocenters. The molecule has 2 saturated heterocycles. The molecule has 3 heterocycles. The number of piperidine rings is 1. The Balaban J connectivity index is 0.00000169. The SMILES string of the molecule is Cl.FC1(c2nc(C3(c4ccccc4)CCON3)cs2)CCNCC1. The second-order valence-corrected chi connectivity index (χ2v) is 7.08. The van der Waals surface area contributed by atoms with Crippen LogP contribution >= 0.6 is 23.7 Å². The van der Waals surface area contributed by atoms with Crippen molar-refractivity contribution in [3.63, 3.8) is 0 Å². The van der Waals surface area contributed by atoms with Gasteiger partial charge in [0.1, 0.15) is 10.5 Å². The zero-order chi connectivity index (χ0) is 15.8. The van der Waals surface area contributed by atoms with Gasteiger partial charge in [-0.05, 0) is 18.7 Å². The number of alkyl halides is 1. The predicted octanol–water partition coefficient (Wildman–Crippen LogP) is 3.28. The van der Waals surface area contributed by atoms with Crippen LogP contribution in [0.3, 0.4) is 0 Å². The van der Waals surface area contributed by atoms with Crippen LogP contribution in [0.25, 0.3) is 0 Å². The van der Waals surface area contributed by atoms with Crippen LogP contribution in [0.4, 0.5) is 4.39 Å². The standard InChI is InChI=1S/C17H20FN3OS.ClH/c18-16(6-9-19-10-7-16)15-20-14(12-23-15)17(8-11-22-21-17)13-4-2-1-3-5-13;/h1-5,12,19,21H,6-11H2;1H. The van der Waals surface area contributed by atoms with Crippen LogP contribution in [0.2, 0.25) is 0 Å². The van der Waals surface area contributed by atoms with E-state index in [1.54, 1.807) is 0 Å². The monoisotopic (exact) mass is 369 g/mol. The van der Waals surface area contributed by atoms with Gasteiger partial charge in [0.05, 0.1) is 12.3 Å². The molecule has 2 aromatic rings. The molecule has 7 heteroatoms. The third-order valence-electron chi connectivity index (χ3n) is 4.81. The lowest BCUT2D eigenvalue weighted by molar-refractivity contribution is 0.0695. The second kappa shape index (κ2) is 7.06. The van der Waals surface area contributed by atoms with Crippen molar-refractivity contribution in [2.45, 2.75) is 30.5 Å². The maximum absolute atomic E-state index is 15.2. The van der Waals surface area contributed by atoms with Crippen LogP contribution in [-0.2, 0) is 16.0 Å². The van der Waals surface area contributed by atoms with E-state index in [4.69, 9.17) is 9.82 Å². The van der Waals surface area contributed by atoms with Crippen molar-refractivity contribution in [2.24, 2.45) is 0 Å². The first-order valence-corrected chi connectivity index (χ1v) is 8.92. The Morgan fingerprint density at radius 2 is 1.88 bits per heavy atom. The van der Waals surface area contributed by atoms with Gasteiger partial charge in [0.25, 0.3) is 0 Å². The molecule has 1 aromatic heterocycles. The largest absolute Gasteiger partial charge is 0.316 e. The number of halogens is 2. The van der Waals surface area contributed by atoms with Gasteiger partial charge in [-0.25, -0.2) is 9.37 Å². The van der Waals surface area contributed by atoms with Gasteiger partial charge < -0.3 is 10.2 Å². The first-order chi connectivity index (χ1) is 11.2. The van der Waals surface area contributed by atoms with Crippen LogP contribution in [0.5, 0.6) is 0 Å². The van der Waals surface area contributed by atoms with E-state index in [1.165, 1.54) is 11.3 Å². The highest BCUT2D eigenvalue weighted by atomic mass is 35.5. The molecule has 2 N–H and O–H groups in total. The molecule has 2 fully saturated rings. The smallest absolute Gasteiger partial charge is 0.164 e. The minimum atomic E-state index is -1.30. The van der Waals surface area contributed by atoms with E-state index in [1.807, 2.05) is 23.6 Å². The highest BCUT2D eigenvalue weighted by Gasteiger charge is 2.43. The second-order valence-electron chi connectivity index (χ2n) is 6.23. The van der Waals surface area contributed by atoms with Gasteiger partial charge in [-0.1, -0.05) is 30.3 Å². The summed E-state index contributed by atoms with van der Waals surface area (Å²) in [5.41, 5.74) is 3.33. The number of aromatic nitrogens is 1. The molecule has 130 valence electrons. The first-order valence-electron chi connectivity index (χ1n) is 8.04. The third-order valence-corrected chi connectivity index (χ3v) is 5.83. The van der Waals surface area contributed by atoms with E-state index in [0.717, 1.165) is 17.7 Å². The van der Waals surface area contributed by atoms with Gasteiger partial charge >= 0.3 is 0 Å². The average molecular weight is 370 g/mol. The van der Waals surface area contributed by atoms with E-state index >= 15 is 4.39 Å². The number of benzene rings is 1. The predicted molar refractivity (Wildman–Crippen MR) is 95.2 cm³/mol. The molecular formula is C17H21ClFN3OS. The van der Waals surface area contributed by atoms with Crippen LogP contribution in [0, 0.1) is 0 Å². The molecule has 0 amide bonds. The average Bonchev–Trinajstić information content (AvgIpc) is 3.27. The van der Waals surface area contributed by atoms with E-state index in [9.17, 15) is 0 Å². The van der Waals surface area contributed by atoms with Gasteiger partial charge in [0.15, 0.2) is 5.67 Å². The summed E-state index contributed by atoms with van der Waals surface area (Å²) < 4.78 is 15.2. The maximum Gasteiger partial charge on any atom is 0.164 e. The molecule has 4 rings (SSSR count). The molecule has 4 nitrogen and oxygen atoms in total. The molecule has 0 aliphatic carbocycles. The molecule has 1 unspecified atom stereocenters. The molecule has 0 bridgehead atoms. The highest BCUT2D eigenvalue weighted by molar-refractivity contribution is 7.09. The Kier molecular flexibility index (Phi) is 5.22. The Hall–Kier alpha value is -1.05. The number of nitrogens with one attached hydrogen (secondary N) is 2. The van der Waals surface area contributed by atoms with Crippen molar-refractivity contribution >= 4 is 23.7 Å². The molecule has 2 aliphatic rings. The summed E-state index contributed by atoms with van der Waals surface area (Å²) in [5.74, 6) is 0. The van der Waals surface area contributed by atoms with Gasteiger partial charge in [0, 0.05) is 24.6 Å². The summed E-state index contributed by atoms with van der Waals surface area (Å²) in [5, 5.41) is 5.78. The minimum absolute atomic E-state index is 0. The Labute approximate surface area is 151 Å². The van der Waals surface area contributed by atoms with Crippen molar-refractivity contribution in [3.8, 4) is 0 Å². The summed E-state index contributed by atoms with van der Waals surface area (Å²) in [6.45, 7) is 2.03. The van der Waals surface area contributed by atoms with Crippen molar-refractivity contribution < 1.29 is 9.23 Å². The van der Waals surface area contributed by atoms with Gasteiger partial charge in [0.2, 0.25) is 0 Å². The lowest BCUT2D eigenvalue weighted by atomic mass is 9.85. The quantitative estimate of drug-likeness (QED) is 0.871. The minimum Gasteiger partial charge on any atom is -0.316 e. The number of rotatable bonds is 3. The summed E-state index contributed by atoms with van der Waals surface area (Å²) >= 11 is 1.43. The molecule has 24 heavy (non-hydrogen) atoms. The van der Waals surface area contributed by atoms with Crippen LogP contribution in [0.1, 0.15) is 35.5 Å². The zero-order valence-electron chi connectivity index (χ0n) is 13.3. The van der Waals surface area contributed by atoms with Gasteiger partial charge in [-0.15, -0.1) is 23.7 Å². The van der Waals surface area contributed by atoms with Gasteiger partial charge in [-0.2, -0.15) is 5.48 Å². The van der Waals surface area contributed by atoms with Crippen molar-refractivity contribution in [1.82, 2.24) is 15.8 Å². The number of hydrogen-bond donors (Lipinski definition) is 2. The first kappa shape index (κ1) is 17.8. The van der Waals surface area contributed by atoms with E-state index < -0.39 is 11.2 Å².